The molecule has 0 amide bonds. The summed E-state index contributed by atoms with van der Waals surface area (Å²) in [4.78, 5) is 0. The van der Waals surface area contributed by atoms with E-state index < -0.39 is 30.7 Å². The molecule has 2 N–H and O–H groups in total. The van der Waals surface area contributed by atoms with Crippen molar-refractivity contribution in [3.05, 3.63) is 0 Å². The number of ether oxygens (including phenoxy) is 4. The highest BCUT2D eigenvalue weighted by Gasteiger charge is 2.44. The molecule has 0 aromatic carbocycles. The van der Waals surface area contributed by atoms with Gasteiger partial charge in [-0.15, -0.1) is 0 Å². The van der Waals surface area contributed by atoms with Gasteiger partial charge in [-0.25, -0.2) is 0 Å². The monoisotopic (exact) mass is 222 g/mol. The number of methoxy groups -OCH3 is 3. The summed E-state index contributed by atoms with van der Waals surface area (Å²) >= 11 is 0. The largest absolute Gasteiger partial charge is 0.387 e. The Balaban J connectivity index is 2.70. The fourth-order valence-electron chi connectivity index (χ4n) is 1.69. The molecule has 0 spiro atoms. The summed E-state index contributed by atoms with van der Waals surface area (Å²) < 4.78 is 20.3. The van der Waals surface area contributed by atoms with Gasteiger partial charge in [0, 0.05) is 21.3 Å². The van der Waals surface area contributed by atoms with E-state index >= 15 is 0 Å². The fraction of sp³-hybridized carbons (Fsp3) is 1.00. The van der Waals surface area contributed by atoms with Crippen LogP contribution in [0.3, 0.4) is 0 Å². The molecule has 0 bridgehead atoms. The van der Waals surface area contributed by atoms with E-state index in [1.807, 2.05) is 0 Å². The normalized spacial score (nSPS) is 41.8. The lowest BCUT2D eigenvalue weighted by Gasteiger charge is -2.41. The van der Waals surface area contributed by atoms with Gasteiger partial charge in [-0.1, -0.05) is 0 Å². The molecule has 1 rings (SSSR count). The van der Waals surface area contributed by atoms with E-state index in [0.29, 0.717) is 0 Å². The van der Waals surface area contributed by atoms with Gasteiger partial charge >= 0.3 is 0 Å². The zero-order valence-corrected chi connectivity index (χ0v) is 9.12. The van der Waals surface area contributed by atoms with Crippen LogP contribution in [0, 0.1) is 0 Å². The summed E-state index contributed by atoms with van der Waals surface area (Å²) in [5, 5.41) is 19.3. The molecule has 2 unspecified atom stereocenters. The van der Waals surface area contributed by atoms with Gasteiger partial charge in [-0.05, 0) is 0 Å². The summed E-state index contributed by atoms with van der Waals surface area (Å²) in [7, 11) is 4.37. The quantitative estimate of drug-likeness (QED) is 0.618. The summed E-state index contributed by atoms with van der Waals surface area (Å²) in [6.07, 6.45) is -4.09. The maximum atomic E-state index is 9.75. The minimum absolute atomic E-state index is 0.266. The lowest BCUT2D eigenvalue weighted by molar-refractivity contribution is -0.299. The molecular formula is C9H18O6. The van der Waals surface area contributed by atoms with Crippen molar-refractivity contribution in [1.82, 2.24) is 0 Å². The van der Waals surface area contributed by atoms with Crippen LogP contribution in [0.2, 0.25) is 0 Å². The van der Waals surface area contributed by atoms with Gasteiger partial charge in [-0.3, -0.25) is 0 Å². The van der Waals surface area contributed by atoms with Crippen molar-refractivity contribution in [3.8, 4) is 0 Å². The second-order valence-electron chi connectivity index (χ2n) is 3.42. The van der Waals surface area contributed by atoms with Crippen LogP contribution in [0.25, 0.3) is 0 Å². The molecule has 1 heterocycles. The predicted octanol–water partition coefficient (Wildman–Crippen LogP) is -1.26. The first-order chi connectivity index (χ1) is 7.15. The van der Waals surface area contributed by atoms with Crippen molar-refractivity contribution in [3.63, 3.8) is 0 Å². The van der Waals surface area contributed by atoms with E-state index in [0.717, 1.165) is 0 Å². The van der Waals surface area contributed by atoms with Crippen LogP contribution in [0.4, 0.5) is 0 Å². The van der Waals surface area contributed by atoms with Crippen molar-refractivity contribution in [1.29, 1.82) is 0 Å². The first-order valence-electron chi connectivity index (χ1n) is 4.71. The zero-order valence-electron chi connectivity index (χ0n) is 9.12. The molecule has 1 aliphatic rings. The van der Waals surface area contributed by atoms with Crippen LogP contribution >= 0.6 is 0 Å². The van der Waals surface area contributed by atoms with Gasteiger partial charge < -0.3 is 29.2 Å². The Morgan fingerprint density at radius 2 is 1.73 bits per heavy atom. The van der Waals surface area contributed by atoms with Crippen LogP contribution in [0.1, 0.15) is 0 Å². The third-order valence-electron chi connectivity index (χ3n) is 2.48. The smallest absolute Gasteiger partial charge is 0.186 e. The minimum atomic E-state index is -1.12. The second-order valence-corrected chi connectivity index (χ2v) is 3.42. The lowest BCUT2D eigenvalue weighted by atomic mass is 9.99. The second kappa shape index (κ2) is 5.74. The minimum Gasteiger partial charge on any atom is -0.387 e. The van der Waals surface area contributed by atoms with Crippen LogP contribution < -0.4 is 0 Å². The maximum Gasteiger partial charge on any atom is 0.186 e. The van der Waals surface area contributed by atoms with Crippen molar-refractivity contribution in [2.24, 2.45) is 0 Å². The van der Waals surface area contributed by atoms with E-state index in [2.05, 4.69) is 0 Å². The average Bonchev–Trinajstić information content (AvgIpc) is 2.24. The van der Waals surface area contributed by atoms with E-state index in [1.165, 1.54) is 21.3 Å². The Labute approximate surface area is 88.7 Å². The van der Waals surface area contributed by atoms with E-state index in [4.69, 9.17) is 18.9 Å². The number of aliphatic hydroxyl groups is 2. The first-order valence-corrected chi connectivity index (χ1v) is 4.71. The van der Waals surface area contributed by atoms with Crippen LogP contribution in [0.15, 0.2) is 0 Å². The zero-order chi connectivity index (χ0) is 11.4. The highest BCUT2D eigenvalue weighted by molar-refractivity contribution is 4.89. The molecule has 1 fully saturated rings. The van der Waals surface area contributed by atoms with E-state index in [-0.39, 0.29) is 6.61 Å². The molecule has 0 aromatic heterocycles. The van der Waals surface area contributed by atoms with Crippen molar-refractivity contribution in [2.75, 3.05) is 27.9 Å². The molecule has 6 heteroatoms. The molecule has 15 heavy (non-hydrogen) atoms. The summed E-state index contributed by atoms with van der Waals surface area (Å²) in [5.41, 5.74) is 0. The maximum absolute atomic E-state index is 9.75. The molecule has 6 nitrogen and oxygen atoms in total. The fourth-order valence-corrected chi connectivity index (χ4v) is 1.69. The molecular weight excluding hydrogens is 204 g/mol. The standard InChI is InChI=1S/C9H18O6/c1-12-4-5-8(13-2)6(10)7(11)9(14-3)15-5/h5-11H,4H2,1-3H3/t5?,6-,7?,8+,9-/m1/s1. The lowest BCUT2D eigenvalue weighted by Crippen LogP contribution is -2.59. The van der Waals surface area contributed by atoms with Gasteiger partial charge in [0.25, 0.3) is 0 Å². The summed E-state index contributed by atoms with van der Waals surface area (Å²) in [5.74, 6) is 0. The van der Waals surface area contributed by atoms with Gasteiger partial charge in [0.1, 0.15) is 24.4 Å². The third-order valence-corrected chi connectivity index (χ3v) is 2.48. The third kappa shape index (κ3) is 2.66. The highest BCUT2D eigenvalue weighted by atomic mass is 16.7. The summed E-state index contributed by atoms with van der Waals surface area (Å²) in [6.45, 7) is 0.266. The van der Waals surface area contributed by atoms with Gasteiger partial charge in [-0.2, -0.15) is 0 Å². The topological polar surface area (TPSA) is 77.4 Å². The molecule has 1 saturated heterocycles. The van der Waals surface area contributed by atoms with Gasteiger partial charge in [0.2, 0.25) is 0 Å². The SMILES string of the molecule is COCC1O[C@@H](OC)C(O)[C@@H](O)[C@H]1OC. The van der Waals surface area contributed by atoms with Crippen molar-refractivity contribution < 1.29 is 29.2 Å². The predicted molar refractivity (Wildman–Crippen MR) is 50.4 cm³/mol. The molecule has 0 aromatic rings. The van der Waals surface area contributed by atoms with Gasteiger partial charge in [0.05, 0.1) is 6.61 Å². The molecule has 90 valence electrons. The van der Waals surface area contributed by atoms with Crippen molar-refractivity contribution >= 4 is 0 Å². The van der Waals surface area contributed by atoms with Crippen LogP contribution in [-0.4, -0.2) is 68.9 Å². The molecule has 0 radical (unpaired) electrons. The Bertz CT molecular complexity index is 187. The first kappa shape index (κ1) is 12.8. The molecule has 0 saturated carbocycles. The molecule has 5 atom stereocenters. The van der Waals surface area contributed by atoms with E-state index in [1.54, 1.807) is 0 Å². The Hall–Kier alpha value is -0.240. The summed E-state index contributed by atoms with van der Waals surface area (Å²) in [6, 6.07) is 0. The van der Waals surface area contributed by atoms with Gasteiger partial charge in [0.15, 0.2) is 6.29 Å². The molecule has 1 aliphatic heterocycles. The van der Waals surface area contributed by atoms with Crippen LogP contribution in [-0.2, 0) is 18.9 Å². The van der Waals surface area contributed by atoms with Crippen molar-refractivity contribution in [2.45, 2.75) is 30.7 Å². The number of hydrogen-bond acceptors (Lipinski definition) is 6. The Kier molecular flexibility index (Phi) is 4.91. The van der Waals surface area contributed by atoms with E-state index in [9.17, 15) is 10.2 Å². The molecule has 0 aliphatic carbocycles. The Morgan fingerprint density at radius 1 is 1.07 bits per heavy atom. The number of aliphatic hydroxyl groups excluding tert-OH is 2. The average molecular weight is 222 g/mol. The van der Waals surface area contributed by atoms with Crippen LogP contribution in [0.5, 0.6) is 0 Å². The Morgan fingerprint density at radius 3 is 2.20 bits per heavy atom. The number of hydrogen-bond donors (Lipinski definition) is 2. The highest BCUT2D eigenvalue weighted by Crippen LogP contribution is 2.23. The number of rotatable bonds is 4.